The molecule has 0 amide bonds. The second kappa shape index (κ2) is 6.40. The average molecular weight is 320 g/mol. The number of hydrogen-bond donors (Lipinski definition) is 1. The van der Waals surface area contributed by atoms with Crippen LogP contribution in [0.25, 0.3) is 10.9 Å². The van der Waals surface area contributed by atoms with Gasteiger partial charge in [-0.3, -0.25) is 14.6 Å². The number of Topliss-reactive ketones (excluding diaryl/α,β-unsaturated/α-hetero) is 2. The molecule has 3 aromatic rings. The van der Waals surface area contributed by atoms with Gasteiger partial charge in [0.2, 0.25) is 0 Å². The van der Waals surface area contributed by atoms with Gasteiger partial charge in [-0.15, -0.1) is 0 Å². The number of aromatic nitrogens is 2. The molecule has 1 atom stereocenters. The molecule has 0 saturated heterocycles. The summed E-state index contributed by atoms with van der Waals surface area (Å²) < 4.78 is 0. The first-order valence-electron chi connectivity index (χ1n) is 7.99. The highest BCUT2D eigenvalue weighted by atomic mass is 16.1. The Bertz CT molecular complexity index is 882. The van der Waals surface area contributed by atoms with Gasteiger partial charge in [0, 0.05) is 34.4 Å². The minimum Gasteiger partial charge on any atom is -0.358 e. The van der Waals surface area contributed by atoms with Crippen molar-refractivity contribution in [1.29, 1.82) is 0 Å². The van der Waals surface area contributed by atoms with E-state index in [0.29, 0.717) is 0 Å². The zero-order valence-electron chi connectivity index (χ0n) is 14.0. The molecule has 0 radical (unpaired) electrons. The Morgan fingerprint density at radius 1 is 1.00 bits per heavy atom. The number of carbonyl (C=O) groups is 2. The van der Waals surface area contributed by atoms with Gasteiger partial charge in [-0.25, -0.2) is 0 Å². The van der Waals surface area contributed by atoms with E-state index >= 15 is 0 Å². The van der Waals surface area contributed by atoms with Gasteiger partial charge in [0.25, 0.3) is 0 Å². The lowest BCUT2D eigenvalue weighted by Gasteiger charge is -2.24. The van der Waals surface area contributed by atoms with Gasteiger partial charge in [-0.05, 0) is 44.5 Å². The highest BCUT2D eigenvalue weighted by Gasteiger charge is 2.35. The summed E-state index contributed by atoms with van der Waals surface area (Å²) in [6.45, 7) is 4.93. The van der Waals surface area contributed by atoms with Crippen LogP contribution < -0.4 is 0 Å². The second-order valence-electron chi connectivity index (χ2n) is 6.14. The second-order valence-corrected chi connectivity index (χ2v) is 6.14. The molecule has 24 heavy (non-hydrogen) atoms. The maximum Gasteiger partial charge on any atom is 0.141 e. The van der Waals surface area contributed by atoms with Crippen LogP contribution in [-0.2, 0) is 9.59 Å². The molecule has 122 valence electrons. The van der Waals surface area contributed by atoms with Crippen molar-refractivity contribution in [3.05, 3.63) is 65.6 Å². The number of aromatic amines is 1. The van der Waals surface area contributed by atoms with Crippen molar-refractivity contribution >= 4 is 22.5 Å². The summed E-state index contributed by atoms with van der Waals surface area (Å²) in [5, 5.41) is 1.03. The Kier molecular flexibility index (Phi) is 4.30. The van der Waals surface area contributed by atoms with Crippen LogP contribution in [0.1, 0.15) is 36.7 Å². The molecule has 0 aliphatic heterocycles. The van der Waals surface area contributed by atoms with Crippen LogP contribution in [0.5, 0.6) is 0 Å². The van der Waals surface area contributed by atoms with Crippen molar-refractivity contribution in [3.8, 4) is 0 Å². The topological polar surface area (TPSA) is 62.8 Å². The lowest BCUT2D eigenvalue weighted by Crippen LogP contribution is -2.28. The molecule has 0 aliphatic rings. The Morgan fingerprint density at radius 3 is 2.29 bits per heavy atom. The summed E-state index contributed by atoms with van der Waals surface area (Å²) in [6, 6.07) is 13.5. The Hall–Kier alpha value is -2.75. The van der Waals surface area contributed by atoms with Gasteiger partial charge in [0.1, 0.15) is 11.6 Å². The van der Waals surface area contributed by atoms with Crippen LogP contribution in [0, 0.1) is 12.8 Å². The van der Waals surface area contributed by atoms with E-state index in [1.54, 1.807) is 6.20 Å². The summed E-state index contributed by atoms with van der Waals surface area (Å²) in [4.78, 5) is 32.4. The number of aryl methyl sites for hydroxylation is 1. The minimum atomic E-state index is -0.738. The normalized spacial score (nSPS) is 12.5. The number of benzene rings is 1. The maximum absolute atomic E-state index is 12.3. The molecule has 2 heterocycles. The molecule has 0 saturated carbocycles. The van der Waals surface area contributed by atoms with Crippen LogP contribution in [0.3, 0.4) is 0 Å². The number of ketones is 2. The molecular formula is C20H20N2O2. The Balaban J connectivity index is 2.30. The summed E-state index contributed by atoms with van der Waals surface area (Å²) >= 11 is 0. The SMILES string of the molecule is CC(=O)C(C(C)=O)[C@@H](c1ccccn1)c1c(C)[nH]c2ccccc12. The van der Waals surface area contributed by atoms with E-state index in [1.165, 1.54) is 13.8 Å². The summed E-state index contributed by atoms with van der Waals surface area (Å²) in [5.41, 5.74) is 3.66. The van der Waals surface area contributed by atoms with E-state index in [4.69, 9.17) is 0 Å². The predicted octanol–water partition coefficient (Wildman–Crippen LogP) is 3.80. The average Bonchev–Trinajstić information content (AvgIpc) is 2.88. The number of hydrogen-bond acceptors (Lipinski definition) is 3. The van der Waals surface area contributed by atoms with Crippen molar-refractivity contribution in [2.75, 3.05) is 0 Å². The van der Waals surface area contributed by atoms with Gasteiger partial charge < -0.3 is 4.98 Å². The minimum absolute atomic E-state index is 0.136. The molecule has 4 nitrogen and oxygen atoms in total. The van der Waals surface area contributed by atoms with Gasteiger partial charge in [0.15, 0.2) is 0 Å². The molecule has 0 bridgehead atoms. The number of nitrogens with zero attached hydrogens (tertiary/aromatic N) is 1. The first-order chi connectivity index (χ1) is 11.5. The standard InChI is InChI=1S/C20H20N2O2/c1-12-18(15-8-4-5-9-16(15)22-12)20(17-10-6-7-11-21-17)19(13(2)23)14(3)24/h4-11,19-20,22H,1-3H3/t20-/m0/s1. The highest BCUT2D eigenvalue weighted by molar-refractivity contribution is 6.02. The van der Waals surface area contributed by atoms with Crippen LogP contribution in [0.4, 0.5) is 0 Å². The Labute approximate surface area is 140 Å². The first-order valence-corrected chi connectivity index (χ1v) is 7.99. The molecule has 0 aliphatic carbocycles. The molecular weight excluding hydrogens is 300 g/mol. The van der Waals surface area contributed by atoms with Crippen molar-refractivity contribution in [3.63, 3.8) is 0 Å². The predicted molar refractivity (Wildman–Crippen MR) is 94.0 cm³/mol. The third-order valence-corrected chi connectivity index (χ3v) is 4.47. The zero-order valence-corrected chi connectivity index (χ0v) is 14.0. The number of pyridine rings is 1. The van der Waals surface area contributed by atoms with Gasteiger partial charge in [0.05, 0.1) is 5.92 Å². The molecule has 0 fully saturated rings. The number of para-hydroxylation sites is 1. The number of H-pyrrole nitrogens is 1. The number of rotatable bonds is 5. The fourth-order valence-corrected chi connectivity index (χ4v) is 3.50. The molecule has 0 unspecified atom stereocenters. The smallest absolute Gasteiger partial charge is 0.141 e. The van der Waals surface area contributed by atoms with Gasteiger partial charge in [-0.2, -0.15) is 0 Å². The van der Waals surface area contributed by atoms with Gasteiger partial charge >= 0.3 is 0 Å². The van der Waals surface area contributed by atoms with Crippen LogP contribution in [0.2, 0.25) is 0 Å². The molecule has 1 aromatic carbocycles. The van der Waals surface area contributed by atoms with E-state index in [1.807, 2.05) is 49.4 Å². The number of nitrogens with one attached hydrogen (secondary N) is 1. The van der Waals surface area contributed by atoms with Crippen molar-refractivity contribution in [1.82, 2.24) is 9.97 Å². The molecule has 2 aromatic heterocycles. The fraction of sp³-hybridized carbons (Fsp3) is 0.250. The summed E-state index contributed by atoms with van der Waals surface area (Å²) in [6.07, 6.45) is 1.70. The third-order valence-electron chi connectivity index (χ3n) is 4.47. The van der Waals surface area contributed by atoms with E-state index in [2.05, 4.69) is 9.97 Å². The van der Waals surface area contributed by atoms with Crippen molar-refractivity contribution in [2.24, 2.45) is 5.92 Å². The van der Waals surface area contributed by atoms with Crippen LogP contribution in [-0.4, -0.2) is 21.5 Å². The molecule has 4 heteroatoms. The fourth-order valence-electron chi connectivity index (χ4n) is 3.50. The number of carbonyl (C=O) groups excluding carboxylic acids is 2. The third kappa shape index (κ3) is 2.75. The number of fused-ring (bicyclic) bond motifs is 1. The van der Waals surface area contributed by atoms with Crippen molar-refractivity contribution in [2.45, 2.75) is 26.7 Å². The van der Waals surface area contributed by atoms with Gasteiger partial charge in [-0.1, -0.05) is 24.3 Å². The zero-order chi connectivity index (χ0) is 17.3. The van der Waals surface area contributed by atoms with Crippen molar-refractivity contribution < 1.29 is 9.59 Å². The molecule has 3 rings (SSSR count). The largest absolute Gasteiger partial charge is 0.358 e. The lowest BCUT2D eigenvalue weighted by atomic mass is 9.78. The van der Waals surface area contributed by atoms with E-state index in [9.17, 15) is 9.59 Å². The summed E-state index contributed by atoms with van der Waals surface area (Å²) in [7, 11) is 0. The maximum atomic E-state index is 12.3. The van der Waals surface area contributed by atoms with Crippen LogP contribution >= 0.6 is 0 Å². The van der Waals surface area contributed by atoms with E-state index in [0.717, 1.165) is 27.9 Å². The Morgan fingerprint density at radius 2 is 1.67 bits per heavy atom. The quantitative estimate of drug-likeness (QED) is 0.727. The van der Waals surface area contributed by atoms with Crippen LogP contribution in [0.15, 0.2) is 48.7 Å². The monoisotopic (exact) mass is 320 g/mol. The lowest BCUT2D eigenvalue weighted by molar-refractivity contribution is -0.130. The molecule has 1 N–H and O–H groups in total. The van der Waals surface area contributed by atoms with E-state index < -0.39 is 11.8 Å². The first kappa shape index (κ1) is 16.1. The van der Waals surface area contributed by atoms with E-state index in [-0.39, 0.29) is 11.6 Å². The summed E-state index contributed by atoms with van der Waals surface area (Å²) in [5.74, 6) is -1.40. The highest BCUT2D eigenvalue weighted by Crippen LogP contribution is 2.38. The molecule has 0 spiro atoms.